The van der Waals surface area contributed by atoms with Crippen molar-refractivity contribution < 1.29 is 0 Å². The highest BCUT2D eigenvalue weighted by molar-refractivity contribution is 5.51. The van der Waals surface area contributed by atoms with Gasteiger partial charge in [-0.2, -0.15) is 0 Å². The summed E-state index contributed by atoms with van der Waals surface area (Å²) in [5.41, 5.74) is 8.88. The lowest BCUT2D eigenvalue weighted by Crippen LogP contribution is -2.53. The summed E-state index contributed by atoms with van der Waals surface area (Å²) in [4.78, 5) is 2.41. The molecule has 2 rings (SSSR count). The number of hydrogen-bond donors (Lipinski definition) is 1. The van der Waals surface area contributed by atoms with Crippen LogP contribution < -0.4 is 10.6 Å². The average molecular weight is 204 g/mol. The van der Waals surface area contributed by atoms with Crippen LogP contribution in [0.3, 0.4) is 0 Å². The number of nitrogens with zero attached hydrogens (tertiary/aromatic N) is 1. The monoisotopic (exact) mass is 204 g/mol. The van der Waals surface area contributed by atoms with Crippen LogP contribution in [0.15, 0.2) is 24.3 Å². The summed E-state index contributed by atoms with van der Waals surface area (Å²) in [6.45, 7) is 8.93. The molecule has 1 atom stereocenters. The number of benzene rings is 1. The van der Waals surface area contributed by atoms with Gasteiger partial charge >= 0.3 is 0 Å². The Morgan fingerprint density at radius 3 is 2.53 bits per heavy atom. The molecule has 0 spiro atoms. The molecular formula is C13H20N2. The summed E-state index contributed by atoms with van der Waals surface area (Å²) in [6, 6.07) is 8.69. The van der Waals surface area contributed by atoms with E-state index < -0.39 is 0 Å². The largest absolute Gasteiger partial charge is 0.370 e. The van der Waals surface area contributed by atoms with E-state index in [0.29, 0.717) is 5.41 Å². The predicted molar refractivity (Wildman–Crippen MR) is 65.0 cm³/mol. The van der Waals surface area contributed by atoms with Crippen molar-refractivity contribution in [3.8, 4) is 0 Å². The fourth-order valence-electron chi connectivity index (χ4n) is 2.17. The number of anilines is 1. The Labute approximate surface area is 92.1 Å². The van der Waals surface area contributed by atoms with Gasteiger partial charge in [-0.3, -0.25) is 0 Å². The lowest BCUT2D eigenvalue weighted by Gasteiger charge is -2.47. The third-order valence-corrected chi connectivity index (χ3v) is 3.00. The van der Waals surface area contributed by atoms with E-state index in [1.165, 1.54) is 11.3 Å². The van der Waals surface area contributed by atoms with Crippen LogP contribution in [-0.2, 0) is 0 Å². The van der Waals surface area contributed by atoms with Gasteiger partial charge in [-0.15, -0.1) is 0 Å². The molecule has 1 aromatic carbocycles. The van der Waals surface area contributed by atoms with Crippen molar-refractivity contribution >= 4 is 5.69 Å². The smallest absolute Gasteiger partial charge is 0.0369 e. The van der Waals surface area contributed by atoms with Gasteiger partial charge in [0.25, 0.3) is 0 Å². The first-order valence-electron chi connectivity index (χ1n) is 5.58. The Morgan fingerprint density at radius 2 is 2.00 bits per heavy atom. The molecule has 15 heavy (non-hydrogen) atoms. The molecule has 82 valence electrons. The Bertz CT molecular complexity index is 347. The summed E-state index contributed by atoms with van der Waals surface area (Å²) in [6.07, 6.45) is 0. The molecule has 1 aromatic rings. The Balaban J connectivity index is 2.13. The lowest BCUT2D eigenvalue weighted by molar-refractivity contribution is 0.276. The topological polar surface area (TPSA) is 29.3 Å². The quantitative estimate of drug-likeness (QED) is 0.802. The first-order chi connectivity index (χ1) is 6.98. The average Bonchev–Trinajstić information content (AvgIpc) is 2.14. The van der Waals surface area contributed by atoms with E-state index in [-0.39, 0.29) is 6.04 Å². The Morgan fingerprint density at radius 1 is 1.33 bits per heavy atom. The van der Waals surface area contributed by atoms with Crippen LogP contribution in [0, 0.1) is 5.41 Å². The van der Waals surface area contributed by atoms with Crippen molar-refractivity contribution in [3.05, 3.63) is 29.8 Å². The first kappa shape index (κ1) is 10.5. The van der Waals surface area contributed by atoms with Crippen molar-refractivity contribution in [3.63, 3.8) is 0 Å². The number of nitrogens with two attached hydrogens (primary N) is 1. The number of rotatable bonds is 2. The molecule has 0 radical (unpaired) electrons. The van der Waals surface area contributed by atoms with Crippen molar-refractivity contribution in [1.82, 2.24) is 0 Å². The minimum Gasteiger partial charge on any atom is -0.370 e. The molecule has 1 aliphatic rings. The van der Waals surface area contributed by atoms with Crippen LogP contribution in [0.25, 0.3) is 0 Å². The Kier molecular flexibility index (Phi) is 2.47. The zero-order valence-electron chi connectivity index (χ0n) is 9.83. The van der Waals surface area contributed by atoms with Gasteiger partial charge in [0.05, 0.1) is 0 Å². The van der Waals surface area contributed by atoms with E-state index in [1.54, 1.807) is 0 Å². The molecule has 0 amide bonds. The second-order valence-corrected chi connectivity index (χ2v) is 5.40. The fraction of sp³-hybridized carbons (Fsp3) is 0.538. The van der Waals surface area contributed by atoms with Crippen molar-refractivity contribution in [2.45, 2.75) is 26.8 Å². The van der Waals surface area contributed by atoms with E-state index >= 15 is 0 Å². The highest BCUT2D eigenvalue weighted by Gasteiger charge is 2.34. The van der Waals surface area contributed by atoms with E-state index in [2.05, 4.69) is 43.0 Å². The molecule has 2 nitrogen and oxygen atoms in total. The van der Waals surface area contributed by atoms with E-state index in [0.717, 1.165) is 13.1 Å². The summed E-state index contributed by atoms with van der Waals surface area (Å²) in [5.74, 6) is 0. The van der Waals surface area contributed by atoms with Gasteiger partial charge < -0.3 is 10.6 Å². The Hall–Kier alpha value is -1.02. The molecule has 2 heteroatoms. The summed E-state index contributed by atoms with van der Waals surface area (Å²) in [5, 5.41) is 0. The summed E-state index contributed by atoms with van der Waals surface area (Å²) in [7, 11) is 0. The zero-order chi connectivity index (χ0) is 11.1. The van der Waals surface area contributed by atoms with E-state index in [9.17, 15) is 0 Å². The fourth-order valence-corrected chi connectivity index (χ4v) is 2.17. The van der Waals surface area contributed by atoms with E-state index in [1.807, 2.05) is 6.92 Å². The van der Waals surface area contributed by atoms with E-state index in [4.69, 9.17) is 5.73 Å². The standard InChI is InChI=1S/C13H20N2/c1-10(14)11-5-4-6-12(7-11)15-8-13(2,3)9-15/h4-7,10H,8-9,14H2,1-3H3. The molecule has 0 saturated carbocycles. The van der Waals surface area contributed by atoms with Crippen molar-refractivity contribution in [1.29, 1.82) is 0 Å². The zero-order valence-corrected chi connectivity index (χ0v) is 9.83. The minimum atomic E-state index is 0.124. The highest BCUT2D eigenvalue weighted by Crippen LogP contribution is 2.33. The summed E-state index contributed by atoms with van der Waals surface area (Å²) < 4.78 is 0. The number of hydrogen-bond acceptors (Lipinski definition) is 2. The molecule has 1 aliphatic heterocycles. The highest BCUT2D eigenvalue weighted by atomic mass is 15.2. The molecular weight excluding hydrogens is 184 g/mol. The molecule has 0 bridgehead atoms. The maximum absolute atomic E-state index is 5.88. The second kappa shape index (κ2) is 3.53. The predicted octanol–water partition coefficient (Wildman–Crippen LogP) is 2.55. The van der Waals surface area contributed by atoms with Gasteiger partial charge in [-0.05, 0) is 30.0 Å². The first-order valence-corrected chi connectivity index (χ1v) is 5.58. The normalized spacial score (nSPS) is 20.9. The van der Waals surface area contributed by atoms with Crippen LogP contribution in [0.4, 0.5) is 5.69 Å². The van der Waals surface area contributed by atoms with Gasteiger partial charge in [-0.25, -0.2) is 0 Å². The van der Waals surface area contributed by atoms with Crippen molar-refractivity contribution in [2.24, 2.45) is 11.1 Å². The molecule has 1 unspecified atom stereocenters. The van der Waals surface area contributed by atoms with Crippen LogP contribution in [0.2, 0.25) is 0 Å². The van der Waals surface area contributed by atoms with Gasteiger partial charge in [0.2, 0.25) is 0 Å². The van der Waals surface area contributed by atoms with Crippen LogP contribution >= 0.6 is 0 Å². The van der Waals surface area contributed by atoms with Crippen LogP contribution in [0.1, 0.15) is 32.4 Å². The molecule has 2 N–H and O–H groups in total. The SMILES string of the molecule is CC(N)c1cccc(N2CC(C)(C)C2)c1. The maximum atomic E-state index is 5.88. The molecule has 1 fully saturated rings. The molecule has 1 saturated heterocycles. The van der Waals surface area contributed by atoms with Crippen LogP contribution in [0.5, 0.6) is 0 Å². The third-order valence-electron chi connectivity index (χ3n) is 3.00. The molecule has 1 heterocycles. The summed E-state index contributed by atoms with van der Waals surface area (Å²) >= 11 is 0. The van der Waals surface area contributed by atoms with Gasteiger partial charge in [-0.1, -0.05) is 26.0 Å². The van der Waals surface area contributed by atoms with Gasteiger partial charge in [0.15, 0.2) is 0 Å². The lowest BCUT2D eigenvalue weighted by atomic mass is 9.84. The maximum Gasteiger partial charge on any atom is 0.0369 e. The minimum absolute atomic E-state index is 0.124. The molecule has 0 aromatic heterocycles. The molecule has 0 aliphatic carbocycles. The van der Waals surface area contributed by atoms with Gasteiger partial charge in [0.1, 0.15) is 0 Å². The van der Waals surface area contributed by atoms with Gasteiger partial charge in [0, 0.05) is 24.8 Å². The second-order valence-electron chi connectivity index (χ2n) is 5.40. The van der Waals surface area contributed by atoms with Crippen molar-refractivity contribution in [2.75, 3.05) is 18.0 Å². The van der Waals surface area contributed by atoms with Crippen LogP contribution in [-0.4, -0.2) is 13.1 Å². The third kappa shape index (κ3) is 2.15.